The van der Waals surface area contributed by atoms with Gasteiger partial charge in [0.1, 0.15) is 6.04 Å². The number of halogens is 1. The highest BCUT2D eigenvalue weighted by Crippen LogP contribution is 2.20. The first-order valence-electron chi connectivity index (χ1n) is 6.43. The van der Waals surface area contributed by atoms with E-state index in [1.54, 1.807) is 12.1 Å². The lowest BCUT2D eigenvalue weighted by Gasteiger charge is -2.20. The van der Waals surface area contributed by atoms with E-state index in [0.717, 1.165) is 4.47 Å². The molecular formula is C13H16BrNO5S. The number of nitrogens with zero attached hydrogens (tertiary/aromatic N) is 1. The van der Waals surface area contributed by atoms with Gasteiger partial charge < -0.3 is 10.2 Å². The van der Waals surface area contributed by atoms with E-state index >= 15 is 0 Å². The number of hydrogen-bond donors (Lipinski definition) is 2. The zero-order valence-corrected chi connectivity index (χ0v) is 13.5. The minimum atomic E-state index is -3.47. The van der Waals surface area contributed by atoms with Gasteiger partial charge in [-0.05, 0) is 24.3 Å². The van der Waals surface area contributed by atoms with E-state index in [-0.39, 0.29) is 30.2 Å². The molecule has 1 aliphatic heterocycles. The lowest BCUT2D eigenvalue weighted by atomic mass is 10.2. The first-order chi connectivity index (χ1) is 9.79. The zero-order valence-electron chi connectivity index (χ0n) is 11.1. The van der Waals surface area contributed by atoms with Crippen molar-refractivity contribution in [3.8, 4) is 0 Å². The van der Waals surface area contributed by atoms with Crippen LogP contribution in [0.15, 0.2) is 33.6 Å². The number of aliphatic carboxylic acids is 1. The fourth-order valence-electron chi connectivity index (χ4n) is 2.38. The van der Waals surface area contributed by atoms with Crippen LogP contribution in [-0.4, -0.2) is 60.5 Å². The van der Waals surface area contributed by atoms with Crippen LogP contribution >= 0.6 is 15.9 Å². The third-order valence-electron chi connectivity index (χ3n) is 3.49. The molecule has 0 bridgehead atoms. The quantitative estimate of drug-likeness (QED) is 0.785. The number of carboxylic acid groups (broad SMARTS) is 1. The summed E-state index contributed by atoms with van der Waals surface area (Å²) in [6, 6.07) is 5.49. The first kappa shape index (κ1) is 16.4. The monoisotopic (exact) mass is 377 g/mol. The van der Waals surface area contributed by atoms with Crippen molar-refractivity contribution in [3.05, 3.63) is 28.7 Å². The molecule has 0 amide bonds. The Bertz CT molecular complexity index is 616. The Morgan fingerprint density at radius 3 is 2.52 bits per heavy atom. The molecular weight excluding hydrogens is 362 g/mol. The Kier molecular flexibility index (Phi) is 5.03. The normalized spacial score (nSPS) is 23.3. The average molecular weight is 378 g/mol. The van der Waals surface area contributed by atoms with Crippen LogP contribution in [0.4, 0.5) is 0 Å². The van der Waals surface area contributed by atoms with Crippen molar-refractivity contribution < 1.29 is 23.4 Å². The summed E-state index contributed by atoms with van der Waals surface area (Å²) in [5.41, 5.74) is 0. The summed E-state index contributed by atoms with van der Waals surface area (Å²) in [5.74, 6) is -1.21. The Hall–Kier alpha value is -0.960. The summed E-state index contributed by atoms with van der Waals surface area (Å²) in [4.78, 5) is 12.8. The Morgan fingerprint density at radius 1 is 1.33 bits per heavy atom. The number of hydrogen-bond acceptors (Lipinski definition) is 5. The lowest BCUT2D eigenvalue weighted by molar-refractivity contribution is -0.142. The molecule has 1 aromatic carbocycles. The fourth-order valence-corrected chi connectivity index (χ4v) is 3.91. The maximum atomic E-state index is 12.2. The van der Waals surface area contributed by atoms with Crippen molar-refractivity contribution in [1.29, 1.82) is 0 Å². The van der Waals surface area contributed by atoms with Gasteiger partial charge in [-0.2, -0.15) is 0 Å². The van der Waals surface area contributed by atoms with Crippen molar-refractivity contribution in [2.24, 2.45) is 0 Å². The fraction of sp³-hybridized carbons (Fsp3) is 0.462. The van der Waals surface area contributed by atoms with Gasteiger partial charge >= 0.3 is 5.97 Å². The Balaban J connectivity index is 2.04. The van der Waals surface area contributed by atoms with Crippen LogP contribution in [0, 0.1) is 0 Å². The number of β-amino-alcohol motifs (C(OH)–C–C–N with tert-alkyl or cyclic N) is 1. The van der Waals surface area contributed by atoms with E-state index in [2.05, 4.69) is 15.9 Å². The largest absolute Gasteiger partial charge is 0.480 e. The number of carbonyl (C=O) groups is 1. The SMILES string of the molecule is O=C(O)C1CC(O)CN1CCS(=O)(=O)c1ccc(Br)cc1. The molecule has 0 radical (unpaired) electrons. The zero-order chi connectivity index (χ0) is 15.6. The van der Waals surface area contributed by atoms with Crippen molar-refractivity contribution in [3.63, 3.8) is 0 Å². The number of sulfone groups is 1. The van der Waals surface area contributed by atoms with Gasteiger partial charge in [-0.25, -0.2) is 8.42 Å². The average Bonchev–Trinajstić information content (AvgIpc) is 2.79. The van der Waals surface area contributed by atoms with Gasteiger partial charge in [-0.3, -0.25) is 9.69 Å². The van der Waals surface area contributed by atoms with Crippen LogP contribution in [0.2, 0.25) is 0 Å². The topological polar surface area (TPSA) is 94.9 Å². The second kappa shape index (κ2) is 6.43. The summed E-state index contributed by atoms with van der Waals surface area (Å²) >= 11 is 3.24. The van der Waals surface area contributed by atoms with E-state index in [9.17, 15) is 18.3 Å². The smallest absolute Gasteiger partial charge is 0.321 e. The maximum Gasteiger partial charge on any atom is 0.321 e. The predicted molar refractivity (Wildman–Crippen MR) is 79.8 cm³/mol. The molecule has 0 aromatic heterocycles. The Labute approximate surface area is 131 Å². The molecule has 0 saturated carbocycles. The molecule has 0 spiro atoms. The predicted octanol–water partition coefficient (Wildman–Crippen LogP) is 0.743. The molecule has 8 heteroatoms. The molecule has 2 unspecified atom stereocenters. The highest BCUT2D eigenvalue weighted by molar-refractivity contribution is 9.10. The summed E-state index contributed by atoms with van der Waals surface area (Å²) in [5, 5.41) is 18.6. The first-order valence-corrected chi connectivity index (χ1v) is 8.87. The van der Waals surface area contributed by atoms with Gasteiger partial charge in [0.25, 0.3) is 0 Å². The van der Waals surface area contributed by atoms with Crippen molar-refractivity contribution in [2.75, 3.05) is 18.8 Å². The number of rotatable bonds is 5. The third kappa shape index (κ3) is 4.03. The van der Waals surface area contributed by atoms with E-state index in [4.69, 9.17) is 5.11 Å². The van der Waals surface area contributed by atoms with E-state index in [1.165, 1.54) is 17.0 Å². The van der Waals surface area contributed by atoms with Crippen LogP contribution < -0.4 is 0 Å². The second-order valence-corrected chi connectivity index (χ2v) is 8.04. The van der Waals surface area contributed by atoms with Crippen LogP contribution in [-0.2, 0) is 14.6 Å². The molecule has 2 N–H and O–H groups in total. The molecule has 1 aliphatic rings. The Morgan fingerprint density at radius 2 is 1.95 bits per heavy atom. The van der Waals surface area contributed by atoms with Gasteiger partial charge in [0.05, 0.1) is 16.8 Å². The highest BCUT2D eigenvalue weighted by Gasteiger charge is 2.36. The molecule has 6 nitrogen and oxygen atoms in total. The van der Waals surface area contributed by atoms with Gasteiger partial charge in [0.2, 0.25) is 0 Å². The lowest BCUT2D eigenvalue weighted by Crippen LogP contribution is -2.38. The molecule has 1 heterocycles. The van der Waals surface area contributed by atoms with Crippen molar-refractivity contribution in [1.82, 2.24) is 4.90 Å². The minimum Gasteiger partial charge on any atom is -0.480 e. The van der Waals surface area contributed by atoms with Gasteiger partial charge in [0.15, 0.2) is 9.84 Å². The number of aliphatic hydroxyl groups is 1. The third-order valence-corrected chi connectivity index (χ3v) is 5.73. The number of carboxylic acids is 1. The van der Waals surface area contributed by atoms with Crippen molar-refractivity contribution >= 4 is 31.7 Å². The van der Waals surface area contributed by atoms with E-state index < -0.39 is 28.0 Å². The van der Waals surface area contributed by atoms with Crippen molar-refractivity contribution in [2.45, 2.75) is 23.5 Å². The number of benzene rings is 1. The number of likely N-dealkylation sites (tertiary alicyclic amines) is 1. The van der Waals surface area contributed by atoms with Crippen LogP contribution in [0.5, 0.6) is 0 Å². The molecule has 2 rings (SSSR count). The number of aliphatic hydroxyl groups excluding tert-OH is 1. The van der Waals surface area contributed by atoms with E-state index in [1.807, 2.05) is 0 Å². The molecule has 1 saturated heterocycles. The molecule has 1 fully saturated rings. The molecule has 0 aliphatic carbocycles. The summed E-state index contributed by atoms with van der Waals surface area (Å²) in [6.07, 6.45) is -0.588. The molecule has 2 atom stereocenters. The van der Waals surface area contributed by atoms with Gasteiger partial charge in [-0.1, -0.05) is 15.9 Å². The minimum absolute atomic E-state index is 0.0897. The molecule has 21 heavy (non-hydrogen) atoms. The maximum absolute atomic E-state index is 12.2. The molecule has 1 aromatic rings. The standard InChI is InChI=1S/C13H16BrNO5S/c14-9-1-3-11(4-2-9)21(19,20)6-5-15-8-10(16)7-12(15)13(17)18/h1-4,10,12,16H,5-8H2,(H,17,18). The highest BCUT2D eigenvalue weighted by atomic mass is 79.9. The van der Waals surface area contributed by atoms with Gasteiger partial charge in [-0.15, -0.1) is 0 Å². The molecule has 116 valence electrons. The summed E-state index contributed by atoms with van der Waals surface area (Å²) in [7, 11) is -3.47. The van der Waals surface area contributed by atoms with Crippen LogP contribution in [0.1, 0.15) is 6.42 Å². The van der Waals surface area contributed by atoms with E-state index in [0.29, 0.717) is 0 Å². The van der Waals surface area contributed by atoms with Gasteiger partial charge in [0, 0.05) is 24.0 Å². The van der Waals surface area contributed by atoms with Crippen LogP contribution in [0.25, 0.3) is 0 Å². The second-order valence-electron chi connectivity index (χ2n) is 5.01. The summed E-state index contributed by atoms with van der Waals surface area (Å²) in [6.45, 7) is 0.277. The van der Waals surface area contributed by atoms with Crippen LogP contribution in [0.3, 0.4) is 0 Å². The summed E-state index contributed by atoms with van der Waals surface area (Å²) < 4.78 is 25.2.